The molecule has 0 spiro atoms. The normalized spacial score (nSPS) is 29.6. The third-order valence-electron chi connectivity index (χ3n) is 4.16. The molecule has 1 fully saturated rings. The Morgan fingerprint density at radius 2 is 2.11 bits per heavy atom. The molecule has 3 heteroatoms. The lowest BCUT2D eigenvalue weighted by molar-refractivity contribution is -0.129. The van der Waals surface area contributed by atoms with Crippen LogP contribution in [0.2, 0.25) is 0 Å². The molecule has 1 heterocycles. The SMILES string of the molecule is CS[C@H]1C(=O)N(Cc2ccccc2)[C@@H]2CCC=C[C@@H]21. The summed E-state index contributed by atoms with van der Waals surface area (Å²) in [4.78, 5) is 14.7. The van der Waals surface area contributed by atoms with Crippen molar-refractivity contribution in [1.82, 2.24) is 4.90 Å². The van der Waals surface area contributed by atoms with Crippen LogP contribution >= 0.6 is 11.8 Å². The number of thioether (sulfide) groups is 1. The van der Waals surface area contributed by atoms with E-state index >= 15 is 0 Å². The van der Waals surface area contributed by atoms with Crippen LogP contribution in [-0.4, -0.2) is 28.4 Å². The molecule has 0 bridgehead atoms. The molecule has 19 heavy (non-hydrogen) atoms. The maximum Gasteiger partial charge on any atom is 0.236 e. The van der Waals surface area contributed by atoms with Crippen LogP contribution < -0.4 is 0 Å². The predicted molar refractivity (Wildman–Crippen MR) is 79.9 cm³/mol. The zero-order valence-corrected chi connectivity index (χ0v) is 12.0. The number of rotatable bonds is 3. The number of hydrogen-bond acceptors (Lipinski definition) is 2. The Kier molecular flexibility index (Phi) is 3.65. The van der Waals surface area contributed by atoms with Crippen molar-refractivity contribution in [3.63, 3.8) is 0 Å². The Bertz CT molecular complexity index is 485. The smallest absolute Gasteiger partial charge is 0.236 e. The van der Waals surface area contributed by atoms with Crippen LogP contribution in [0, 0.1) is 5.92 Å². The molecule has 1 amide bonds. The second kappa shape index (κ2) is 5.41. The molecule has 0 saturated carbocycles. The minimum Gasteiger partial charge on any atom is -0.334 e. The third-order valence-corrected chi connectivity index (χ3v) is 5.18. The molecule has 0 unspecified atom stereocenters. The highest BCUT2D eigenvalue weighted by Crippen LogP contribution is 2.39. The van der Waals surface area contributed by atoms with Crippen LogP contribution in [-0.2, 0) is 11.3 Å². The Labute approximate surface area is 118 Å². The van der Waals surface area contributed by atoms with Crippen molar-refractivity contribution in [3.05, 3.63) is 48.0 Å². The minimum absolute atomic E-state index is 0.116. The van der Waals surface area contributed by atoms with E-state index in [0.717, 1.165) is 19.4 Å². The fraction of sp³-hybridized carbons (Fsp3) is 0.438. The first-order valence-corrected chi connectivity index (χ1v) is 8.14. The summed E-state index contributed by atoms with van der Waals surface area (Å²) in [7, 11) is 0. The van der Waals surface area contributed by atoms with Crippen LogP contribution in [0.3, 0.4) is 0 Å². The average molecular weight is 273 g/mol. The number of benzene rings is 1. The van der Waals surface area contributed by atoms with E-state index in [1.165, 1.54) is 5.56 Å². The highest BCUT2D eigenvalue weighted by atomic mass is 32.2. The molecule has 100 valence electrons. The van der Waals surface area contributed by atoms with E-state index in [0.29, 0.717) is 17.9 Å². The molecule has 3 atom stereocenters. The largest absolute Gasteiger partial charge is 0.334 e. The lowest BCUT2D eigenvalue weighted by Crippen LogP contribution is -2.35. The minimum atomic E-state index is 0.116. The van der Waals surface area contributed by atoms with Gasteiger partial charge in [-0.05, 0) is 24.7 Å². The summed E-state index contributed by atoms with van der Waals surface area (Å²) >= 11 is 1.70. The zero-order chi connectivity index (χ0) is 13.2. The van der Waals surface area contributed by atoms with Crippen molar-refractivity contribution < 1.29 is 4.79 Å². The van der Waals surface area contributed by atoms with Crippen molar-refractivity contribution in [2.75, 3.05) is 6.26 Å². The fourth-order valence-corrected chi connectivity index (χ4v) is 4.16. The second-order valence-electron chi connectivity index (χ2n) is 5.26. The number of carbonyl (C=O) groups excluding carboxylic acids is 1. The van der Waals surface area contributed by atoms with Crippen LogP contribution in [0.1, 0.15) is 18.4 Å². The zero-order valence-electron chi connectivity index (χ0n) is 11.2. The summed E-state index contributed by atoms with van der Waals surface area (Å²) in [5.74, 6) is 0.720. The molecule has 1 saturated heterocycles. The van der Waals surface area contributed by atoms with Gasteiger partial charge < -0.3 is 4.90 Å². The fourth-order valence-electron chi connectivity index (χ4n) is 3.23. The molecule has 0 radical (unpaired) electrons. The molecule has 1 aliphatic carbocycles. The van der Waals surface area contributed by atoms with E-state index in [2.05, 4.69) is 29.2 Å². The Morgan fingerprint density at radius 1 is 1.32 bits per heavy atom. The van der Waals surface area contributed by atoms with Crippen molar-refractivity contribution in [3.8, 4) is 0 Å². The van der Waals surface area contributed by atoms with Gasteiger partial charge in [0.05, 0.1) is 5.25 Å². The van der Waals surface area contributed by atoms with Gasteiger partial charge in [-0.15, -0.1) is 0 Å². The summed E-state index contributed by atoms with van der Waals surface area (Å²) in [6.07, 6.45) is 8.76. The van der Waals surface area contributed by atoms with Gasteiger partial charge in [-0.25, -0.2) is 0 Å². The molecular weight excluding hydrogens is 254 g/mol. The standard InChI is InChI=1S/C16H19NOS/c1-19-15-13-9-5-6-10-14(13)17(16(15)18)11-12-7-3-2-4-8-12/h2-5,7-9,13-15H,6,10-11H2,1H3/t13-,14+,15+/m0/s1. The summed E-state index contributed by atoms with van der Waals surface area (Å²) < 4.78 is 0. The van der Waals surface area contributed by atoms with Gasteiger partial charge >= 0.3 is 0 Å². The summed E-state index contributed by atoms with van der Waals surface area (Å²) in [6.45, 7) is 0.756. The van der Waals surface area contributed by atoms with Gasteiger partial charge in [0, 0.05) is 18.5 Å². The lowest BCUT2D eigenvalue weighted by atomic mass is 9.90. The van der Waals surface area contributed by atoms with E-state index in [4.69, 9.17) is 0 Å². The first kappa shape index (κ1) is 12.8. The maximum atomic E-state index is 12.6. The van der Waals surface area contributed by atoms with Crippen LogP contribution in [0.25, 0.3) is 0 Å². The topological polar surface area (TPSA) is 20.3 Å². The van der Waals surface area contributed by atoms with E-state index in [1.807, 2.05) is 24.5 Å². The number of hydrogen-bond donors (Lipinski definition) is 0. The van der Waals surface area contributed by atoms with Gasteiger partial charge in [-0.2, -0.15) is 11.8 Å². The molecule has 1 aromatic rings. The molecule has 2 aliphatic rings. The van der Waals surface area contributed by atoms with E-state index < -0.39 is 0 Å². The number of likely N-dealkylation sites (tertiary alicyclic amines) is 1. The third kappa shape index (κ3) is 2.32. The number of carbonyl (C=O) groups is 1. The number of allylic oxidation sites excluding steroid dienone is 1. The van der Waals surface area contributed by atoms with Gasteiger partial charge in [0.15, 0.2) is 0 Å². The molecule has 0 aromatic heterocycles. The van der Waals surface area contributed by atoms with Crippen molar-refractivity contribution in [2.24, 2.45) is 5.92 Å². The van der Waals surface area contributed by atoms with E-state index in [1.54, 1.807) is 11.8 Å². The molecular formula is C16H19NOS. The first-order chi connectivity index (χ1) is 9.31. The quantitative estimate of drug-likeness (QED) is 0.789. The van der Waals surface area contributed by atoms with E-state index in [-0.39, 0.29) is 5.25 Å². The maximum absolute atomic E-state index is 12.6. The highest BCUT2D eigenvalue weighted by Gasteiger charge is 2.46. The Hall–Kier alpha value is -1.22. The van der Waals surface area contributed by atoms with Gasteiger partial charge in [0.2, 0.25) is 5.91 Å². The van der Waals surface area contributed by atoms with E-state index in [9.17, 15) is 4.79 Å². The second-order valence-corrected chi connectivity index (χ2v) is 6.24. The number of fused-ring (bicyclic) bond motifs is 1. The van der Waals surface area contributed by atoms with Gasteiger partial charge in [-0.1, -0.05) is 42.5 Å². The highest BCUT2D eigenvalue weighted by molar-refractivity contribution is 8.00. The lowest BCUT2D eigenvalue weighted by Gasteiger charge is -2.29. The Morgan fingerprint density at radius 3 is 2.84 bits per heavy atom. The summed E-state index contributed by atoms with van der Waals surface area (Å²) in [5.41, 5.74) is 1.23. The van der Waals surface area contributed by atoms with Crippen LogP contribution in [0.4, 0.5) is 0 Å². The van der Waals surface area contributed by atoms with Crippen LogP contribution in [0.5, 0.6) is 0 Å². The van der Waals surface area contributed by atoms with Crippen molar-refractivity contribution >= 4 is 17.7 Å². The molecule has 0 N–H and O–H groups in total. The van der Waals surface area contributed by atoms with Crippen molar-refractivity contribution in [1.29, 1.82) is 0 Å². The monoisotopic (exact) mass is 273 g/mol. The van der Waals surface area contributed by atoms with Crippen molar-refractivity contribution in [2.45, 2.75) is 30.7 Å². The summed E-state index contributed by atoms with van der Waals surface area (Å²) in [5, 5.41) is 0.116. The summed E-state index contributed by atoms with van der Waals surface area (Å²) in [6, 6.07) is 10.7. The van der Waals surface area contributed by atoms with Gasteiger partial charge in [-0.3, -0.25) is 4.79 Å². The number of nitrogens with zero attached hydrogens (tertiary/aromatic N) is 1. The van der Waals surface area contributed by atoms with Gasteiger partial charge in [0.25, 0.3) is 0 Å². The van der Waals surface area contributed by atoms with Crippen LogP contribution in [0.15, 0.2) is 42.5 Å². The molecule has 3 rings (SSSR count). The average Bonchev–Trinajstić information content (AvgIpc) is 2.73. The Balaban J connectivity index is 1.84. The van der Waals surface area contributed by atoms with Gasteiger partial charge in [0.1, 0.15) is 0 Å². The molecule has 2 nitrogen and oxygen atoms in total. The molecule has 1 aliphatic heterocycles. The molecule has 1 aromatic carbocycles. The first-order valence-electron chi connectivity index (χ1n) is 6.85. The predicted octanol–water partition coefficient (Wildman–Crippen LogP) is 3.10. The number of amides is 1.